The van der Waals surface area contributed by atoms with Gasteiger partial charge in [-0.05, 0) is 30.9 Å². The summed E-state index contributed by atoms with van der Waals surface area (Å²) >= 11 is 6.15. The van der Waals surface area contributed by atoms with E-state index in [1.165, 1.54) is 0 Å². The molecule has 0 spiro atoms. The topological polar surface area (TPSA) is 57.6 Å². The molecule has 1 N–H and O–H groups in total. The van der Waals surface area contributed by atoms with Crippen LogP contribution in [0.2, 0.25) is 5.02 Å². The number of benzene rings is 1. The highest BCUT2D eigenvalue weighted by molar-refractivity contribution is 6.31. The van der Waals surface area contributed by atoms with Crippen LogP contribution in [-0.2, 0) is 16.1 Å². The lowest BCUT2D eigenvalue weighted by Gasteiger charge is -2.26. The van der Waals surface area contributed by atoms with E-state index in [0.717, 1.165) is 18.4 Å². The van der Waals surface area contributed by atoms with Crippen molar-refractivity contribution in [3.8, 4) is 0 Å². The fraction of sp³-hybridized carbons (Fsp3) is 0.500. The molecule has 0 unspecified atom stereocenters. The molecule has 21 heavy (non-hydrogen) atoms. The minimum absolute atomic E-state index is 0.275. The molecular weight excluding hydrogens is 290 g/mol. The number of amides is 1. The summed E-state index contributed by atoms with van der Waals surface area (Å²) in [7, 11) is 0. The first-order valence-electron chi connectivity index (χ1n) is 7.27. The van der Waals surface area contributed by atoms with Crippen LogP contribution in [0.25, 0.3) is 0 Å². The van der Waals surface area contributed by atoms with Crippen molar-refractivity contribution >= 4 is 23.5 Å². The molecule has 2 rings (SSSR count). The summed E-state index contributed by atoms with van der Waals surface area (Å²) in [6.07, 6.45) is 2.68. The molecule has 0 radical (unpaired) electrons. The van der Waals surface area contributed by atoms with E-state index in [1.54, 1.807) is 11.0 Å². The van der Waals surface area contributed by atoms with E-state index in [4.69, 9.17) is 11.6 Å². The number of halogens is 1. The predicted molar refractivity (Wildman–Crippen MR) is 81.1 cm³/mol. The second-order valence-corrected chi connectivity index (χ2v) is 5.97. The zero-order valence-electron chi connectivity index (χ0n) is 12.1. The molecule has 0 aliphatic heterocycles. The van der Waals surface area contributed by atoms with Crippen LogP contribution in [0.15, 0.2) is 24.3 Å². The van der Waals surface area contributed by atoms with Gasteiger partial charge in [-0.3, -0.25) is 9.59 Å². The van der Waals surface area contributed by atoms with Gasteiger partial charge in [0.05, 0.1) is 0 Å². The third kappa shape index (κ3) is 3.38. The molecule has 5 heteroatoms. The number of hydrogen-bond donors (Lipinski definition) is 1. The predicted octanol–water partition coefficient (Wildman–Crippen LogP) is 3.33. The summed E-state index contributed by atoms with van der Waals surface area (Å²) in [6, 6.07) is 7.36. The number of carbonyl (C=O) groups excluding carboxylic acids is 1. The number of nitrogens with zero attached hydrogens (tertiary/aromatic N) is 1. The zero-order valence-corrected chi connectivity index (χ0v) is 12.9. The van der Waals surface area contributed by atoms with E-state index in [9.17, 15) is 14.7 Å². The van der Waals surface area contributed by atoms with E-state index in [2.05, 4.69) is 0 Å². The van der Waals surface area contributed by atoms with Gasteiger partial charge in [0.2, 0.25) is 5.91 Å². The van der Waals surface area contributed by atoms with Crippen LogP contribution in [0.3, 0.4) is 0 Å². The maximum atomic E-state index is 12.6. The average molecular weight is 310 g/mol. The van der Waals surface area contributed by atoms with Gasteiger partial charge in [-0.15, -0.1) is 0 Å². The van der Waals surface area contributed by atoms with Crippen molar-refractivity contribution in [3.63, 3.8) is 0 Å². The molecule has 1 saturated carbocycles. The number of rotatable bonds is 7. The molecule has 4 nitrogen and oxygen atoms in total. The van der Waals surface area contributed by atoms with E-state index in [-0.39, 0.29) is 5.91 Å². The number of carbonyl (C=O) groups is 2. The van der Waals surface area contributed by atoms with Crippen molar-refractivity contribution in [3.05, 3.63) is 34.9 Å². The second kappa shape index (κ2) is 6.48. The molecule has 1 amide bonds. The molecule has 1 fully saturated rings. The van der Waals surface area contributed by atoms with Crippen LogP contribution in [0.4, 0.5) is 0 Å². The van der Waals surface area contributed by atoms with Crippen LogP contribution in [0.1, 0.15) is 38.2 Å². The van der Waals surface area contributed by atoms with Crippen LogP contribution in [0, 0.1) is 5.41 Å². The largest absolute Gasteiger partial charge is 0.480 e. The molecule has 0 heterocycles. The highest BCUT2D eigenvalue weighted by atomic mass is 35.5. The number of hydrogen-bond acceptors (Lipinski definition) is 2. The number of aliphatic carboxylic acids is 1. The summed E-state index contributed by atoms with van der Waals surface area (Å²) in [5.41, 5.74) is -0.334. The highest BCUT2D eigenvalue weighted by Gasteiger charge is 2.58. The van der Waals surface area contributed by atoms with Crippen molar-refractivity contribution in [2.45, 2.75) is 39.2 Å². The van der Waals surface area contributed by atoms with Crippen molar-refractivity contribution in [2.24, 2.45) is 5.41 Å². The summed E-state index contributed by atoms with van der Waals surface area (Å²) < 4.78 is 0. The van der Waals surface area contributed by atoms with Crippen molar-refractivity contribution in [2.75, 3.05) is 6.54 Å². The van der Waals surface area contributed by atoms with Gasteiger partial charge in [-0.2, -0.15) is 0 Å². The Hall–Kier alpha value is -1.55. The Labute approximate surface area is 129 Å². The lowest BCUT2D eigenvalue weighted by molar-refractivity contribution is -0.153. The second-order valence-electron chi connectivity index (χ2n) is 5.56. The van der Waals surface area contributed by atoms with E-state index < -0.39 is 11.4 Å². The monoisotopic (exact) mass is 309 g/mol. The van der Waals surface area contributed by atoms with Gasteiger partial charge >= 0.3 is 5.97 Å². The highest BCUT2D eigenvalue weighted by Crippen LogP contribution is 2.47. The quantitative estimate of drug-likeness (QED) is 0.786. The Morgan fingerprint density at radius 2 is 2.00 bits per heavy atom. The molecule has 0 saturated heterocycles. The van der Waals surface area contributed by atoms with Crippen molar-refractivity contribution in [1.82, 2.24) is 4.90 Å². The van der Waals surface area contributed by atoms with Gasteiger partial charge in [0.25, 0.3) is 0 Å². The maximum absolute atomic E-state index is 12.6. The van der Waals surface area contributed by atoms with E-state index >= 15 is 0 Å². The minimum atomic E-state index is -1.19. The normalized spacial score (nSPS) is 15.5. The third-order valence-corrected chi connectivity index (χ3v) is 4.33. The number of carboxylic acids is 1. The summed E-state index contributed by atoms with van der Waals surface area (Å²) in [5.74, 6) is -1.28. The summed E-state index contributed by atoms with van der Waals surface area (Å²) in [6.45, 7) is 2.98. The first-order valence-corrected chi connectivity index (χ1v) is 7.65. The van der Waals surface area contributed by atoms with Crippen molar-refractivity contribution < 1.29 is 14.7 Å². The zero-order chi connectivity index (χ0) is 15.5. The molecule has 0 aromatic heterocycles. The van der Waals surface area contributed by atoms with Gasteiger partial charge in [0, 0.05) is 18.1 Å². The molecular formula is C16H20ClNO3. The van der Waals surface area contributed by atoms with Crippen LogP contribution in [-0.4, -0.2) is 28.4 Å². The van der Waals surface area contributed by atoms with Gasteiger partial charge in [0.1, 0.15) is 5.41 Å². The van der Waals surface area contributed by atoms with Gasteiger partial charge in [-0.1, -0.05) is 43.1 Å². The van der Waals surface area contributed by atoms with E-state index in [0.29, 0.717) is 31.0 Å². The number of carboxylic acid groups (broad SMARTS) is 1. The maximum Gasteiger partial charge on any atom is 0.319 e. The average Bonchev–Trinajstić information content (AvgIpc) is 3.26. The smallest absolute Gasteiger partial charge is 0.319 e. The Kier molecular flexibility index (Phi) is 4.88. The Morgan fingerprint density at radius 1 is 1.33 bits per heavy atom. The molecule has 1 aromatic rings. The summed E-state index contributed by atoms with van der Waals surface area (Å²) in [5, 5.41) is 9.90. The SMILES string of the molecule is CCCCN(Cc1ccccc1Cl)C(=O)C1(C(=O)O)CC1. The molecule has 1 aliphatic rings. The summed E-state index contributed by atoms with van der Waals surface area (Å²) in [4.78, 5) is 25.6. The molecule has 0 bridgehead atoms. The molecule has 114 valence electrons. The minimum Gasteiger partial charge on any atom is -0.480 e. The lowest BCUT2D eigenvalue weighted by atomic mass is 10.0. The standard InChI is InChI=1S/C16H20ClNO3/c1-2-3-10-18(11-12-6-4-5-7-13(12)17)14(19)16(8-9-16)15(20)21/h4-7H,2-3,8-11H2,1H3,(H,20,21). The van der Waals surface area contributed by atoms with Gasteiger partial charge in [0.15, 0.2) is 0 Å². The lowest BCUT2D eigenvalue weighted by Crippen LogP contribution is -2.41. The first kappa shape index (κ1) is 15.8. The van der Waals surface area contributed by atoms with Crippen molar-refractivity contribution in [1.29, 1.82) is 0 Å². The van der Waals surface area contributed by atoms with Gasteiger partial charge in [-0.25, -0.2) is 0 Å². The fourth-order valence-electron chi connectivity index (χ4n) is 2.38. The van der Waals surface area contributed by atoms with Crippen LogP contribution in [0.5, 0.6) is 0 Å². The third-order valence-electron chi connectivity index (χ3n) is 3.96. The van der Waals surface area contributed by atoms with Crippen LogP contribution < -0.4 is 0 Å². The molecule has 0 atom stereocenters. The fourth-order valence-corrected chi connectivity index (χ4v) is 2.58. The Balaban J connectivity index is 2.17. The van der Waals surface area contributed by atoms with Gasteiger partial charge < -0.3 is 10.0 Å². The Morgan fingerprint density at radius 3 is 2.52 bits per heavy atom. The number of unbranched alkanes of at least 4 members (excludes halogenated alkanes) is 1. The molecule has 1 aliphatic carbocycles. The first-order chi connectivity index (χ1) is 10.0. The van der Waals surface area contributed by atoms with Crippen LogP contribution >= 0.6 is 11.6 Å². The Bertz CT molecular complexity index is 540. The van der Waals surface area contributed by atoms with E-state index in [1.807, 2.05) is 25.1 Å². The molecule has 1 aromatic carbocycles.